The highest BCUT2D eigenvalue weighted by Gasteiger charge is 2.41. The lowest BCUT2D eigenvalue weighted by molar-refractivity contribution is 0.0858. The Morgan fingerprint density at radius 2 is 2.11 bits per heavy atom. The Kier molecular flexibility index (Phi) is 5.46. The van der Waals surface area contributed by atoms with Gasteiger partial charge in [0.25, 0.3) is 0 Å². The summed E-state index contributed by atoms with van der Waals surface area (Å²) in [6.07, 6.45) is 3.87. The van der Waals surface area contributed by atoms with Crippen molar-refractivity contribution in [1.82, 2.24) is 10.2 Å². The molecule has 2 atom stereocenters. The Hall–Kier alpha value is 0.1000. The molecular formula is C15H25BrN2S. The summed E-state index contributed by atoms with van der Waals surface area (Å²) >= 11 is 5.58. The van der Waals surface area contributed by atoms with Crippen molar-refractivity contribution in [3.05, 3.63) is 20.8 Å². The van der Waals surface area contributed by atoms with Crippen LogP contribution in [-0.4, -0.2) is 30.1 Å². The number of thiophene rings is 1. The van der Waals surface area contributed by atoms with Gasteiger partial charge in [-0.25, -0.2) is 0 Å². The zero-order chi connectivity index (χ0) is 13.9. The van der Waals surface area contributed by atoms with E-state index in [1.165, 1.54) is 41.7 Å². The molecule has 1 fully saturated rings. The zero-order valence-electron chi connectivity index (χ0n) is 12.2. The van der Waals surface area contributed by atoms with Crippen molar-refractivity contribution in [2.45, 2.75) is 51.6 Å². The minimum Gasteiger partial charge on any atom is -0.308 e. The van der Waals surface area contributed by atoms with Crippen LogP contribution in [0.1, 0.15) is 51.0 Å². The molecule has 0 aromatic carbocycles. The van der Waals surface area contributed by atoms with E-state index < -0.39 is 0 Å². The topological polar surface area (TPSA) is 15.3 Å². The van der Waals surface area contributed by atoms with E-state index in [4.69, 9.17) is 0 Å². The molecule has 2 heterocycles. The zero-order valence-corrected chi connectivity index (χ0v) is 14.6. The first-order chi connectivity index (χ1) is 9.13. The summed E-state index contributed by atoms with van der Waals surface area (Å²) in [6, 6.07) is 2.58. The molecule has 2 rings (SSSR count). The molecule has 1 N–H and O–H groups in total. The van der Waals surface area contributed by atoms with Crippen LogP contribution in [0.15, 0.2) is 15.9 Å². The van der Waals surface area contributed by atoms with Gasteiger partial charge in [-0.05, 0) is 73.2 Å². The van der Waals surface area contributed by atoms with E-state index in [0.717, 1.165) is 6.54 Å². The van der Waals surface area contributed by atoms with Crippen LogP contribution in [-0.2, 0) is 0 Å². The van der Waals surface area contributed by atoms with Crippen molar-refractivity contribution in [3.63, 3.8) is 0 Å². The molecule has 1 aliphatic rings. The molecule has 4 heteroatoms. The van der Waals surface area contributed by atoms with Crippen LogP contribution < -0.4 is 5.32 Å². The van der Waals surface area contributed by atoms with Crippen molar-refractivity contribution in [2.75, 3.05) is 19.6 Å². The highest BCUT2D eigenvalue weighted by Crippen LogP contribution is 2.41. The fourth-order valence-corrected chi connectivity index (χ4v) is 4.97. The molecule has 2 nitrogen and oxygen atoms in total. The van der Waals surface area contributed by atoms with E-state index in [9.17, 15) is 0 Å². The number of hydrogen-bond donors (Lipinski definition) is 1. The van der Waals surface area contributed by atoms with Gasteiger partial charge >= 0.3 is 0 Å². The number of hydrogen-bond acceptors (Lipinski definition) is 3. The number of likely N-dealkylation sites (tertiary alicyclic amines) is 1. The maximum Gasteiger partial charge on any atom is 0.0610 e. The number of rotatable bonds is 6. The van der Waals surface area contributed by atoms with Gasteiger partial charge in [0.15, 0.2) is 0 Å². The van der Waals surface area contributed by atoms with Gasteiger partial charge in [-0.3, -0.25) is 4.90 Å². The summed E-state index contributed by atoms with van der Waals surface area (Å²) in [4.78, 5) is 4.13. The molecule has 0 radical (unpaired) electrons. The van der Waals surface area contributed by atoms with E-state index >= 15 is 0 Å². The summed E-state index contributed by atoms with van der Waals surface area (Å²) in [7, 11) is 0. The quantitative estimate of drug-likeness (QED) is 0.821. The predicted molar refractivity (Wildman–Crippen MR) is 87.9 cm³/mol. The summed E-state index contributed by atoms with van der Waals surface area (Å²) in [5, 5.41) is 5.92. The second-order valence-corrected chi connectivity index (χ2v) is 7.33. The van der Waals surface area contributed by atoms with Gasteiger partial charge in [-0.1, -0.05) is 13.8 Å². The standard InChI is InChI=1S/C15H25BrN2S/c1-4-15(3,18-9-6-7-10-18)14(17-5-2)13-12(16)8-11-19-13/h8,11,14,17H,4-7,9-10H2,1-3H3. The fraction of sp³-hybridized carbons (Fsp3) is 0.733. The van der Waals surface area contributed by atoms with Gasteiger partial charge in [0.2, 0.25) is 0 Å². The van der Waals surface area contributed by atoms with Crippen molar-refractivity contribution in [1.29, 1.82) is 0 Å². The number of halogens is 1. The summed E-state index contributed by atoms with van der Waals surface area (Å²) in [6.45, 7) is 10.5. The predicted octanol–water partition coefficient (Wildman–Crippen LogP) is 4.43. The van der Waals surface area contributed by atoms with Crippen LogP contribution in [0.25, 0.3) is 0 Å². The van der Waals surface area contributed by atoms with Crippen molar-refractivity contribution in [3.8, 4) is 0 Å². The number of nitrogens with zero attached hydrogens (tertiary/aromatic N) is 1. The van der Waals surface area contributed by atoms with Crippen LogP contribution in [0.2, 0.25) is 0 Å². The molecule has 1 saturated heterocycles. The smallest absolute Gasteiger partial charge is 0.0610 e. The normalized spacial score (nSPS) is 21.5. The monoisotopic (exact) mass is 344 g/mol. The van der Waals surface area contributed by atoms with Crippen LogP contribution in [0.5, 0.6) is 0 Å². The Balaban J connectivity index is 2.32. The van der Waals surface area contributed by atoms with E-state index in [2.05, 4.69) is 58.4 Å². The second-order valence-electron chi connectivity index (χ2n) is 5.53. The first-order valence-corrected chi connectivity index (χ1v) is 9.02. The Bertz CT molecular complexity index is 401. The van der Waals surface area contributed by atoms with E-state index in [-0.39, 0.29) is 5.54 Å². The maximum atomic E-state index is 3.73. The Morgan fingerprint density at radius 1 is 1.42 bits per heavy atom. The van der Waals surface area contributed by atoms with Crippen LogP contribution >= 0.6 is 27.3 Å². The highest BCUT2D eigenvalue weighted by atomic mass is 79.9. The average Bonchev–Trinajstić information content (AvgIpc) is 3.06. The molecular weight excluding hydrogens is 320 g/mol. The van der Waals surface area contributed by atoms with Gasteiger partial charge in [0.1, 0.15) is 0 Å². The van der Waals surface area contributed by atoms with Crippen LogP contribution in [0, 0.1) is 0 Å². The largest absolute Gasteiger partial charge is 0.308 e. The second kappa shape index (κ2) is 6.70. The molecule has 0 saturated carbocycles. The summed E-state index contributed by atoms with van der Waals surface area (Å²) in [5.74, 6) is 0. The van der Waals surface area contributed by atoms with Crippen LogP contribution in [0.4, 0.5) is 0 Å². The molecule has 0 spiro atoms. The molecule has 1 aromatic heterocycles. The van der Waals surface area contributed by atoms with Gasteiger partial charge in [0, 0.05) is 14.9 Å². The molecule has 1 aliphatic heterocycles. The SMILES string of the molecule is CCNC(c1sccc1Br)C(C)(CC)N1CCCC1. The third-order valence-electron chi connectivity index (χ3n) is 4.48. The minimum absolute atomic E-state index is 0.208. The lowest BCUT2D eigenvalue weighted by Gasteiger charge is -2.44. The number of likely N-dealkylation sites (N-methyl/N-ethyl adjacent to an activating group) is 1. The van der Waals surface area contributed by atoms with Crippen LogP contribution in [0.3, 0.4) is 0 Å². The Morgan fingerprint density at radius 3 is 2.58 bits per heavy atom. The molecule has 2 unspecified atom stereocenters. The minimum atomic E-state index is 0.208. The lowest BCUT2D eigenvalue weighted by Crippen LogP contribution is -2.53. The molecule has 0 aliphatic carbocycles. The maximum absolute atomic E-state index is 3.73. The summed E-state index contributed by atoms with van der Waals surface area (Å²) < 4.78 is 1.25. The van der Waals surface area contributed by atoms with Crippen molar-refractivity contribution < 1.29 is 0 Å². The third kappa shape index (κ3) is 3.07. The Labute approximate surface area is 129 Å². The van der Waals surface area contributed by atoms with Gasteiger partial charge in [-0.15, -0.1) is 11.3 Å². The van der Waals surface area contributed by atoms with Gasteiger partial charge in [0.05, 0.1) is 6.04 Å². The molecule has 0 amide bonds. The van der Waals surface area contributed by atoms with E-state index in [1.54, 1.807) is 0 Å². The first kappa shape index (κ1) is 15.5. The molecule has 1 aromatic rings. The molecule has 108 valence electrons. The highest BCUT2D eigenvalue weighted by molar-refractivity contribution is 9.10. The third-order valence-corrected chi connectivity index (χ3v) is 6.42. The molecule has 19 heavy (non-hydrogen) atoms. The van der Waals surface area contributed by atoms with Gasteiger partial charge in [-0.2, -0.15) is 0 Å². The molecule has 0 bridgehead atoms. The number of nitrogens with one attached hydrogen (secondary N) is 1. The summed E-state index contributed by atoms with van der Waals surface area (Å²) in [5.41, 5.74) is 0.208. The first-order valence-electron chi connectivity index (χ1n) is 7.34. The van der Waals surface area contributed by atoms with Crippen molar-refractivity contribution >= 4 is 27.3 Å². The van der Waals surface area contributed by atoms with E-state index in [1.807, 2.05) is 11.3 Å². The van der Waals surface area contributed by atoms with E-state index in [0.29, 0.717) is 6.04 Å². The average molecular weight is 345 g/mol. The van der Waals surface area contributed by atoms with Gasteiger partial charge < -0.3 is 5.32 Å². The van der Waals surface area contributed by atoms with Crippen molar-refractivity contribution in [2.24, 2.45) is 0 Å². The fourth-order valence-electron chi connectivity index (χ4n) is 3.15. The lowest BCUT2D eigenvalue weighted by atomic mass is 9.86.